The number of hydrogen-bond acceptors (Lipinski definition) is 9. The Morgan fingerprint density at radius 1 is 0.944 bits per heavy atom. The third-order valence-electron chi connectivity index (χ3n) is 4.85. The van der Waals surface area contributed by atoms with Gasteiger partial charge in [-0.25, -0.2) is 9.78 Å². The molecule has 1 aromatic heterocycles. The summed E-state index contributed by atoms with van der Waals surface area (Å²) in [4.78, 5) is 78.1. The van der Waals surface area contributed by atoms with Crippen LogP contribution in [0.4, 0.5) is 0 Å². The van der Waals surface area contributed by atoms with E-state index in [0.717, 1.165) is 0 Å². The molecule has 16 heteroatoms. The van der Waals surface area contributed by atoms with Crippen molar-refractivity contribution in [3.8, 4) is 0 Å². The zero-order chi connectivity index (χ0) is 27.3. The topological polar surface area (TPSA) is 254 Å². The number of aromatic amines is 1. The maximum atomic E-state index is 13.0. The van der Waals surface area contributed by atoms with Crippen LogP contribution in [-0.2, 0) is 35.2 Å². The summed E-state index contributed by atoms with van der Waals surface area (Å²) in [5.74, 6) is -6.19. The summed E-state index contributed by atoms with van der Waals surface area (Å²) in [5, 5.41) is 34.2. The van der Waals surface area contributed by atoms with Crippen LogP contribution in [-0.4, -0.2) is 97.1 Å². The Kier molecular flexibility index (Phi) is 13.0. The normalized spacial score (nSPS) is 14.1. The minimum Gasteiger partial charge on any atom is -0.481 e. The number of nitrogens with zero attached hydrogens (tertiary/aromatic N) is 1. The molecule has 4 unspecified atom stereocenters. The maximum absolute atomic E-state index is 13.0. The van der Waals surface area contributed by atoms with E-state index in [9.17, 15) is 33.9 Å². The lowest BCUT2D eigenvalue weighted by Gasteiger charge is -2.24. The van der Waals surface area contributed by atoms with Crippen molar-refractivity contribution in [2.75, 3.05) is 12.0 Å². The van der Waals surface area contributed by atoms with Crippen LogP contribution >= 0.6 is 11.8 Å². The van der Waals surface area contributed by atoms with Gasteiger partial charge >= 0.3 is 17.9 Å². The summed E-state index contributed by atoms with van der Waals surface area (Å²) in [7, 11) is 0. The molecule has 4 atom stereocenters. The zero-order valence-corrected chi connectivity index (χ0v) is 20.2. The Morgan fingerprint density at radius 2 is 1.56 bits per heavy atom. The second-order valence-electron chi connectivity index (χ2n) is 7.72. The molecule has 36 heavy (non-hydrogen) atoms. The van der Waals surface area contributed by atoms with Crippen LogP contribution in [0.2, 0.25) is 0 Å². The highest BCUT2D eigenvalue weighted by Gasteiger charge is 2.31. The molecule has 15 nitrogen and oxygen atoms in total. The number of aliphatic carboxylic acids is 3. The quantitative estimate of drug-likeness (QED) is 0.108. The van der Waals surface area contributed by atoms with E-state index >= 15 is 0 Å². The number of rotatable bonds is 17. The van der Waals surface area contributed by atoms with Gasteiger partial charge in [0.2, 0.25) is 17.7 Å². The van der Waals surface area contributed by atoms with Crippen LogP contribution < -0.4 is 21.7 Å². The third-order valence-corrected chi connectivity index (χ3v) is 5.49. The summed E-state index contributed by atoms with van der Waals surface area (Å²) in [5.41, 5.74) is 5.98. The smallest absolute Gasteiger partial charge is 0.326 e. The van der Waals surface area contributed by atoms with Gasteiger partial charge in [-0.3, -0.25) is 24.0 Å². The standard InChI is InChI=1S/C20H30N6O9S/c1-36-5-4-13(20(34)35)25-18(32)12(2-3-15(27)28)24-19(33)14(6-10-8-22-9-23-10)26-17(31)11(21)7-16(29)30/h8-9,11-14H,2-7,21H2,1H3,(H,22,23)(H,24,33)(H,25,32)(H,26,31)(H,27,28)(H,29,30)(H,34,35). The third kappa shape index (κ3) is 11.2. The average Bonchev–Trinajstić information content (AvgIpc) is 3.30. The highest BCUT2D eigenvalue weighted by atomic mass is 32.2. The summed E-state index contributed by atoms with van der Waals surface area (Å²) in [6.07, 6.45) is 2.85. The average molecular weight is 531 g/mol. The lowest BCUT2D eigenvalue weighted by Crippen LogP contribution is -2.57. The molecule has 1 aromatic rings. The molecule has 0 aliphatic heterocycles. The lowest BCUT2D eigenvalue weighted by atomic mass is 10.1. The molecule has 0 fully saturated rings. The van der Waals surface area contributed by atoms with E-state index in [1.54, 1.807) is 6.26 Å². The fourth-order valence-electron chi connectivity index (χ4n) is 2.96. The second-order valence-corrected chi connectivity index (χ2v) is 8.71. The molecule has 200 valence electrons. The van der Waals surface area contributed by atoms with E-state index in [0.29, 0.717) is 11.4 Å². The molecule has 0 saturated heterocycles. The Bertz CT molecular complexity index is 927. The zero-order valence-electron chi connectivity index (χ0n) is 19.4. The van der Waals surface area contributed by atoms with Gasteiger partial charge < -0.3 is 42.0 Å². The molecule has 3 amide bonds. The van der Waals surface area contributed by atoms with Crippen molar-refractivity contribution in [3.05, 3.63) is 18.2 Å². The van der Waals surface area contributed by atoms with Crippen LogP contribution in [0, 0.1) is 0 Å². The molecule has 9 N–H and O–H groups in total. The maximum Gasteiger partial charge on any atom is 0.326 e. The number of carboxylic acid groups (broad SMARTS) is 3. The van der Waals surface area contributed by atoms with Gasteiger partial charge in [-0.1, -0.05) is 0 Å². The van der Waals surface area contributed by atoms with Crippen molar-refractivity contribution in [2.24, 2.45) is 5.73 Å². The van der Waals surface area contributed by atoms with E-state index in [1.807, 2.05) is 0 Å². The first-order chi connectivity index (χ1) is 16.9. The number of carboxylic acids is 3. The fourth-order valence-corrected chi connectivity index (χ4v) is 3.43. The predicted molar refractivity (Wildman–Crippen MR) is 126 cm³/mol. The van der Waals surface area contributed by atoms with Crippen LogP contribution in [0.1, 0.15) is 31.4 Å². The van der Waals surface area contributed by atoms with Crippen molar-refractivity contribution in [3.63, 3.8) is 0 Å². The highest BCUT2D eigenvalue weighted by Crippen LogP contribution is 2.06. The summed E-state index contributed by atoms with van der Waals surface area (Å²) in [6, 6.07) is -5.50. The van der Waals surface area contributed by atoms with Gasteiger partial charge in [-0.05, 0) is 24.9 Å². The van der Waals surface area contributed by atoms with Crippen molar-refractivity contribution < 1.29 is 44.1 Å². The molecule has 0 saturated carbocycles. The van der Waals surface area contributed by atoms with Crippen LogP contribution in [0.3, 0.4) is 0 Å². The van der Waals surface area contributed by atoms with Gasteiger partial charge in [0, 0.05) is 24.7 Å². The van der Waals surface area contributed by atoms with Gasteiger partial charge in [0.05, 0.1) is 18.8 Å². The molecule has 1 rings (SSSR count). The molecule has 1 heterocycles. The Morgan fingerprint density at radius 3 is 2.08 bits per heavy atom. The van der Waals surface area contributed by atoms with E-state index in [-0.39, 0.29) is 19.3 Å². The number of nitrogens with two attached hydrogens (primary N) is 1. The molecule has 0 bridgehead atoms. The van der Waals surface area contributed by atoms with Crippen molar-refractivity contribution >= 4 is 47.4 Å². The van der Waals surface area contributed by atoms with Crippen molar-refractivity contribution in [1.29, 1.82) is 0 Å². The van der Waals surface area contributed by atoms with E-state index in [1.165, 1.54) is 24.3 Å². The first-order valence-corrected chi connectivity index (χ1v) is 12.1. The molecular weight excluding hydrogens is 500 g/mol. The second kappa shape index (κ2) is 15.4. The van der Waals surface area contributed by atoms with Gasteiger partial charge in [0.25, 0.3) is 0 Å². The van der Waals surface area contributed by atoms with E-state index in [4.69, 9.17) is 15.9 Å². The largest absolute Gasteiger partial charge is 0.481 e. The number of amides is 3. The first kappa shape index (κ1) is 30.4. The number of carbonyl (C=O) groups excluding carboxylic acids is 3. The van der Waals surface area contributed by atoms with Crippen molar-refractivity contribution in [1.82, 2.24) is 25.9 Å². The number of thioether (sulfide) groups is 1. The number of imidazole rings is 1. The summed E-state index contributed by atoms with van der Waals surface area (Å²) in [6.45, 7) is 0. The molecular formula is C20H30N6O9S. The van der Waals surface area contributed by atoms with Gasteiger partial charge in [-0.15, -0.1) is 0 Å². The minimum absolute atomic E-state index is 0.0990. The Labute approximate surface area is 210 Å². The molecule has 0 spiro atoms. The van der Waals surface area contributed by atoms with Crippen LogP contribution in [0.25, 0.3) is 0 Å². The van der Waals surface area contributed by atoms with Gasteiger partial charge in [0.1, 0.15) is 18.1 Å². The predicted octanol–water partition coefficient (Wildman–Crippen LogP) is -2.09. The van der Waals surface area contributed by atoms with Crippen LogP contribution in [0.5, 0.6) is 0 Å². The number of H-pyrrole nitrogens is 1. The SMILES string of the molecule is CSCCC(NC(=O)C(CCC(=O)O)NC(=O)C(Cc1cnc[nH]1)NC(=O)C(N)CC(=O)O)C(=O)O. The van der Waals surface area contributed by atoms with Crippen molar-refractivity contribution in [2.45, 2.75) is 56.3 Å². The number of aromatic nitrogens is 2. The molecule has 0 aliphatic rings. The summed E-state index contributed by atoms with van der Waals surface area (Å²) < 4.78 is 0. The molecule has 0 radical (unpaired) electrons. The number of nitrogens with one attached hydrogen (secondary N) is 4. The van der Waals surface area contributed by atoms with E-state index < -0.39 is 72.6 Å². The van der Waals surface area contributed by atoms with Crippen LogP contribution in [0.15, 0.2) is 12.5 Å². The van der Waals surface area contributed by atoms with Gasteiger partial charge in [0.15, 0.2) is 0 Å². The minimum atomic E-state index is -1.46. The lowest BCUT2D eigenvalue weighted by molar-refractivity contribution is -0.143. The first-order valence-electron chi connectivity index (χ1n) is 10.7. The fraction of sp³-hybridized carbons (Fsp3) is 0.550. The van der Waals surface area contributed by atoms with Gasteiger partial charge in [-0.2, -0.15) is 11.8 Å². The van der Waals surface area contributed by atoms with E-state index in [2.05, 4.69) is 25.9 Å². The Balaban J connectivity index is 3.06. The molecule has 0 aromatic carbocycles. The Hall–Kier alpha value is -3.66. The summed E-state index contributed by atoms with van der Waals surface area (Å²) >= 11 is 1.37. The highest BCUT2D eigenvalue weighted by molar-refractivity contribution is 7.98. The number of hydrogen-bond donors (Lipinski definition) is 8. The molecule has 0 aliphatic carbocycles. The monoisotopic (exact) mass is 530 g/mol. The number of carbonyl (C=O) groups is 6.